The van der Waals surface area contributed by atoms with E-state index >= 15 is 0 Å². The molecule has 0 saturated carbocycles. The van der Waals surface area contributed by atoms with Crippen molar-refractivity contribution in [1.29, 1.82) is 0 Å². The summed E-state index contributed by atoms with van der Waals surface area (Å²) in [7, 11) is 0. The second-order valence-corrected chi connectivity index (χ2v) is 4.72. The van der Waals surface area contributed by atoms with Crippen molar-refractivity contribution in [2.45, 2.75) is 39.8 Å². The van der Waals surface area contributed by atoms with Gasteiger partial charge >= 0.3 is 0 Å². The Balaban J connectivity index is 2.61. The zero-order valence-electron chi connectivity index (χ0n) is 9.79. The summed E-state index contributed by atoms with van der Waals surface area (Å²) in [6.07, 6.45) is 1.83. The molecule has 3 heteroatoms. The molecule has 1 aromatic heterocycles. The summed E-state index contributed by atoms with van der Waals surface area (Å²) in [4.78, 5) is 4.08. The van der Waals surface area contributed by atoms with Gasteiger partial charge < -0.3 is 5.32 Å². The van der Waals surface area contributed by atoms with Gasteiger partial charge in [0, 0.05) is 18.3 Å². The van der Waals surface area contributed by atoms with Gasteiger partial charge in [-0.15, -0.1) is 0 Å². The first-order valence-electron chi connectivity index (χ1n) is 5.38. The van der Waals surface area contributed by atoms with Crippen molar-refractivity contribution < 1.29 is 0 Å². The Hall–Kier alpha value is -0.600. The number of halogens is 1. The third-order valence-corrected chi connectivity index (χ3v) is 2.99. The third kappa shape index (κ3) is 3.80. The molecule has 0 aromatic carbocycles. The fourth-order valence-corrected chi connectivity index (χ4v) is 1.44. The summed E-state index contributed by atoms with van der Waals surface area (Å²) >= 11 is 5.74. The molecular formula is C12H19ClN2. The first kappa shape index (κ1) is 12.5. The van der Waals surface area contributed by atoms with E-state index in [9.17, 15) is 0 Å². The number of nitrogens with zero attached hydrogens (tertiary/aromatic N) is 1. The molecule has 15 heavy (non-hydrogen) atoms. The van der Waals surface area contributed by atoms with Gasteiger partial charge in [-0.1, -0.05) is 31.5 Å². The summed E-state index contributed by atoms with van der Waals surface area (Å²) in [5.41, 5.74) is 1.17. The van der Waals surface area contributed by atoms with Crippen LogP contribution in [0.2, 0.25) is 5.15 Å². The Morgan fingerprint density at radius 1 is 1.20 bits per heavy atom. The van der Waals surface area contributed by atoms with Crippen LogP contribution in [0.4, 0.5) is 0 Å². The van der Waals surface area contributed by atoms with E-state index in [0.29, 0.717) is 23.2 Å². The van der Waals surface area contributed by atoms with E-state index < -0.39 is 0 Å². The van der Waals surface area contributed by atoms with E-state index in [1.165, 1.54) is 5.56 Å². The van der Waals surface area contributed by atoms with Gasteiger partial charge in [0.15, 0.2) is 0 Å². The summed E-state index contributed by atoms with van der Waals surface area (Å²) in [6, 6.07) is 4.65. The average Bonchev–Trinajstić information content (AvgIpc) is 2.18. The van der Waals surface area contributed by atoms with E-state index in [-0.39, 0.29) is 0 Å². The number of hydrogen-bond acceptors (Lipinski definition) is 2. The Morgan fingerprint density at radius 3 is 2.33 bits per heavy atom. The maximum absolute atomic E-state index is 5.74. The zero-order chi connectivity index (χ0) is 11.4. The Labute approximate surface area is 97.1 Å². The van der Waals surface area contributed by atoms with Gasteiger partial charge in [0.25, 0.3) is 0 Å². The molecule has 84 valence electrons. The molecule has 2 unspecified atom stereocenters. The average molecular weight is 227 g/mol. The van der Waals surface area contributed by atoms with Crippen molar-refractivity contribution in [1.82, 2.24) is 10.3 Å². The lowest BCUT2D eigenvalue weighted by molar-refractivity contribution is 0.388. The highest BCUT2D eigenvalue weighted by molar-refractivity contribution is 6.29. The maximum atomic E-state index is 5.74. The lowest BCUT2D eigenvalue weighted by atomic mass is 10.0. The van der Waals surface area contributed by atoms with Crippen LogP contribution >= 0.6 is 11.6 Å². The molecule has 1 aromatic rings. The van der Waals surface area contributed by atoms with Crippen LogP contribution in [0.25, 0.3) is 0 Å². The van der Waals surface area contributed by atoms with Crippen LogP contribution in [0.3, 0.4) is 0 Å². The fraction of sp³-hybridized carbons (Fsp3) is 0.583. The molecule has 1 heterocycles. The molecule has 0 spiro atoms. The minimum atomic E-state index is 0.312. The van der Waals surface area contributed by atoms with Gasteiger partial charge in [0.05, 0.1) is 0 Å². The second kappa shape index (κ2) is 5.47. The highest BCUT2D eigenvalue weighted by atomic mass is 35.5. The van der Waals surface area contributed by atoms with E-state index in [0.717, 1.165) is 0 Å². The molecule has 0 bridgehead atoms. The van der Waals surface area contributed by atoms with E-state index in [2.05, 4.69) is 38.0 Å². The van der Waals surface area contributed by atoms with Crippen molar-refractivity contribution >= 4 is 11.6 Å². The second-order valence-electron chi connectivity index (χ2n) is 4.34. The van der Waals surface area contributed by atoms with Crippen molar-refractivity contribution in [2.75, 3.05) is 0 Å². The van der Waals surface area contributed by atoms with Crippen LogP contribution in [0.1, 0.15) is 39.3 Å². The quantitative estimate of drug-likeness (QED) is 0.796. The van der Waals surface area contributed by atoms with Crippen LogP contribution in [-0.4, -0.2) is 11.0 Å². The van der Waals surface area contributed by atoms with E-state index in [1.807, 2.05) is 18.3 Å². The first-order chi connectivity index (χ1) is 7.00. The zero-order valence-corrected chi connectivity index (χ0v) is 10.5. The predicted octanol–water partition coefficient (Wildman–Crippen LogP) is 3.43. The van der Waals surface area contributed by atoms with Gasteiger partial charge in [-0.05, 0) is 31.4 Å². The molecule has 2 atom stereocenters. The van der Waals surface area contributed by atoms with E-state index in [4.69, 9.17) is 11.6 Å². The smallest absolute Gasteiger partial charge is 0.129 e. The molecular weight excluding hydrogens is 208 g/mol. The van der Waals surface area contributed by atoms with Gasteiger partial charge in [-0.2, -0.15) is 0 Å². The van der Waals surface area contributed by atoms with Crippen LogP contribution in [-0.2, 0) is 0 Å². The molecule has 0 aliphatic rings. The van der Waals surface area contributed by atoms with Crippen LogP contribution in [0.15, 0.2) is 18.3 Å². The molecule has 0 radical (unpaired) electrons. The van der Waals surface area contributed by atoms with Crippen LogP contribution in [0, 0.1) is 5.92 Å². The molecule has 1 rings (SSSR count). The number of aromatic nitrogens is 1. The van der Waals surface area contributed by atoms with Gasteiger partial charge in [0.1, 0.15) is 5.15 Å². The number of nitrogens with one attached hydrogen (secondary N) is 1. The Kier molecular flexibility index (Phi) is 4.55. The van der Waals surface area contributed by atoms with Crippen molar-refractivity contribution in [3.8, 4) is 0 Å². The molecule has 2 nitrogen and oxygen atoms in total. The van der Waals surface area contributed by atoms with Crippen LogP contribution < -0.4 is 5.32 Å². The first-order valence-corrected chi connectivity index (χ1v) is 5.76. The number of rotatable bonds is 4. The summed E-state index contributed by atoms with van der Waals surface area (Å²) in [6.45, 7) is 8.77. The normalized spacial score (nSPS) is 15.3. The topological polar surface area (TPSA) is 24.9 Å². The highest BCUT2D eigenvalue weighted by Gasteiger charge is 2.12. The minimum absolute atomic E-state index is 0.312. The molecule has 1 N–H and O–H groups in total. The lowest BCUT2D eigenvalue weighted by Crippen LogP contribution is -2.33. The Bertz CT molecular complexity index is 295. The Morgan fingerprint density at radius 2 is 1.87 bits per heavy atom. The number of hydrogen-bond donors (Lipinski definition) is 1. The van der Waals surface area contributed by atoms with Crippen LogP contribution in [0.5, 0.6) is 0 Å². The standard InChI is InChI=1S/C12H19ClN2/c1-8(2)9(3)15-10(4)11-5-6-12(13)14-7-11/h5-10,15H,1-4H3. The molecule has 0 saturated heterocycles. The largest absolute Gasteiger partial charge is 0.307 e. The minimum Gasteiger partial charge on any atom is -0.307 e. The lowest BCUT2D eigenvalue weighted by Gasteiger charge is -2.22. The molecule has 0 aliphatic heterocycles. The van der Waals surface area contributed by atoms with Gasteiger partial charge in [-0.25, -0.2) is 4.98 Å². The molecule has 0 amide bonds. The number of pyridine rings is 1. The van der Waals surface area contributed by atoms with E-state index in [1.54, 1.807) is 0 Å². The SMILES string of the molecule is CC(NC(C)C(C)C)c1ccc(Cl)nc1. The van der Waals surface area contributed by atoms with Crippen molar-refractivity contribution in [3.05, 3.63) is 29.0 Å². The van der Waals surface area contributed by atoms with Crippen molar-refractivity contribution in [3.63, 3.8) is 0 Å². The van der Waals surface area contributed by atoms with Gasteiger partial charge in [-0.3, -0.25) is 0 Å². The highest BCUT2D eigenvalue weighted by Crippen LogP contribution is 2.15. The molecule has 0 aliphatic carbocycles. The summed E-state index contributed by atoms with van der Waals surface area (Å²) in [5, 5.41) is 4.08. The van der Waals surface area contributed by atoms with Crippen molar-refractivity contribution in [2.24, 2.45) is 5.92 Å². The molecule has 0 fully saturated rings. The summed E-state index contributed by atoms with van der Waals surface area (Å²) < 4.78 is 0. The monoisotopic (exact) mass is 226 g/mol. The maximum Gasteiger partial charge on any atom is 0.129 e. The van der Waals surface area contributed by atoms with Gasteiger partial charge in [0.2, 0.25) is 0 Å². The fourth-order valence-electron chi connectivity index (χ4n) is 1.33. The predicted molar refractivity (Wildman–Crippen MR) is 65.1 cm³/mol. The third-order valence-electron chi connectivity index (χ3n) is 2.76. The summed E-state index contributed by atoms with van der Waals surface area (Å²) in [5.74, 6) is 0.632.